The number of hydrogen-bond acceptors (Lipinski definition) is 5. The average Bonchev–Trinajstić information content (AvgIpc) is 2.99. The summed E-state index contributed by atoms with van der Waals surface area (Å²) >= 11 is 0. The van der Waals surface area contributed by atoms with Gasteiger partial charge in [-0.25, -0.2) is 0 Å². The zero-order valence-electron chi connectivity index (χ0n) is 18.2. The number of piperidine rings is 1. The van der Waals surface area contributed by atoms with E-state index in [0.717, 1.165) is 51.3 Å². The molecule has 0 radical (unpaired) electrons. The van der Waals surface area contributed by atoms with Crippen molar-refractivity contribution in [3.8, 4) is 11.5 Å². The van der Waals surface area contributed by atoms with Gasteiger partial charge in [0.05, 0.1) is 13.2 Å². The maximum Gasteiger partial charge on any atom is 0.165 e. The number of benzene rings is 1. The molecule has 1 saturated carbocycles. The maximum atomic E-state index is 10.8. The van der Waals surface area contributed by atoms with Gasteiger partial charge in [0, 0.05) is 41.6 Å². The molecule has 7 atom stereocenters. The van der Waals surface area contributed by atoms with Crippen molar-refractivity contribution in [2.24, 2.45) is 11.8 Å². The van der Waals surface area contributed by atoms with E-state index in [9.17, 15) is 5.11 Å². The van der Waals surface area contributed by atoms with Gasteiger partial charge in [-0.2, -0.15) is 0 Å². The highest BCUT2D eigenvalue weighted by molar-refractivity contribution is 5.60. The first-order chi connectivity index (χ1) is 15.2. The molecule has 164 valence electrons. The summed E-state index contributed by atoms with van der Waals surface area (Å²) in [5, 5.41) is 10.8. The fourth-order valence-corrected chi connectivity index (χ4v) is 8.13. The quantitative estimate of drug-likeness (QED) is 0.757. The molecule has 3 unspecified atom stereocenters. The Morgan fingerprint density at radius 2 is 2.00 bits per heavy atom. The van der Waals surface area contributed by atoms with Crippen LogP contribution >= 0.6 is 0 Å². The van der Waals surface area contributed by atoms with Crippen molar-refractivity contribution in [2.75, 3.05) is 33.4 Å². The summed E-state index contributed by atoms with van der Waals surface area (Å²) in [6.45, 7) is 3.64. The van der Waals surface area contributed by atoms with Crippen LogP contribution in [0.4, 0.5) is 0 Å². The lowest BCUT2D eigenvalue weighted by molar-refractivity contribution is -0.0884. The van der Waals surface area contributed by atoms with E-state index in [4.69, 9.17) is 9.47 Å². The highest BCUT2D eigenvalue weighted by Gasteiger charge is 2.66. The van der Waals surface area contributed by atoms with Crippen LogP contribution in [0.2, 0.25) is 0 Å². The molecule has 2 saturated heterocycles. The van der Waals surface area contributed by atoms with Crippen LogP contribution in [0.25, 0.3) is 0 Å². The Kier molecular flexibility index (Phi) is 3.98. The molecule has 31 heavy (non-hydrogen) atoms. The molecule has 3 aliphatic heterocycles. The highest BCUT2D eigenvalue weighted by atomic mass is 16.5. The predicted octanol–water partition coefficient (Wildman–Crippen LogP) is 2.87. The second-order valence-corrected chi connectivity index (χ2v) is 10.5. The van der Waals surface area contributed by atoms with Gasteiger partial charge in [0.15, 0.2) is 11.5 Å². The first-order valence-corrected chi connectivity index (χ1v) is 12.1. The molecule has 0 aromatic heterocycles. The Morgan fingerprint density at radius 1 is 1.10 bits per heavy atom. The third-order valence-electron chi connectivity index (χ3n) is 9.39. The van der Waals surface area contributed by atoms with Crippen molar-refractivity contribution < 1.29 is 14.6 Å². The molecular weight excluding hydrogens is 388 g/mol. The zero-order valence-corrected chi connectivity index (χ0v) is 18.2. The van der Waals surface area contributed by atoms with Crippen LogP contribution < -0.4 is 4.74 Å². The third kappa shape index (κ3) is 2.37. The Balaban J connectivity index is 1.35. The smallest absolute Gasteiger partial charge is 0.165 e. The maximum absolute atomic E-state index is 10.8. The number of phenolic OH excluding ortho intramolecular Hbond substituents is 1. The fourth-order valence-electron chi connectivity index (χ4n) is 8.13. The molecule has 1 spiro atoms. The molecule has 6 aliphatic rings. The number of fused-ring (bicyclic) bond motifs is 1. The van der Waals surface area contributed by atoms with Crippen LogP contribution in [0.1, 0.15) is 30.4 Å². The summed E-state index contributed by atoms with van der Waals surface area (Å²) in [7, 11) is 2.30. The Bertz CT molecular complexity index is 974. The monoisotopic (exact) mass is 420 g/mol. The number of ether oxygens (including phenoxy) is 2. The van der Waals surface area contributed by atoms with Gasteiger partial charge in [-0.1, -0.05) is 30.4 Å². The molecule has 1 N–H and O–H groups in total. The second-order valence-electron chi connectivity index (χ2n) is 10.5. The van der Waals surface area contributed by atoms with Crippen LogP contribution in [-0.4, -0.2) is 72.5 Å². The molecule has 3 aliphatic carbocycles. The van der Waals surface area contributed by atoms with Crippen LogP contribution in [-0.2, 0) is 16.6 Å². The van der Waals surface area contributed by atoms with E-state index in [2.05, 4.69) is 47.2 Å². The SMILES string of the molecule is CN1CC[C@]23c4c5ccc(O)c4O[C@H]2[C@H](N2CCOCC4C=CC=CC42)CCC3[C@H]1C5. The molecule has 5 nitrogen and oxygen atoms in total. The molecule has 1 aromatic rings. The standard InChI is InChI=1S/C26H32N2O3/c1-27-11-10-26-18-7-8-20(28-12-13-30-15-17-4-2-3-5-19(17)28)25(26)31-24-22(29)9-6-16(23(24)26)14-21(18)27/h2-6,9,17-21,25,29H,7-8,10-15H2,1H3/t17?,18?,19?,20-,21-,25+,26+/m1/s1. The lowest BCUT2D eigenvalue weighted by Gasteiger charge is -2.60. The largest absolute Gasteiger partial charge is 0.504 e. The van der Waals surface area contributed by atoms with Crippen molar-refractivity contribution in [2.45, 2.75) is 55.3 Å². The third-order valence-corrected chi connectivity index (χ3v) is 9.39. The predicted molar refractivity (Wildman–Crippen MR) is 119 cm³/mol. The number of phenols is 1. The summed E-state index contributed by atoms with van der Waals surface area (Å²) in [4.78, 5) is 5.28. The van der Waals surface area contributed by atoms with Crippen molar-refractivity contribution in [1.82, 2.24) is 9.80 Å². The average molecular weight is 421 g/mol. The van der Waals surface area contributed by atoms with Crippen molar-refractivity contribution >= 4 is 0 Å². The minimum absolute atomic E-state index is 0.0403. The lowest BCUT2D eigenvalue weighted by atomic mass is 9.51. The number of likely N-dealkylation sites (tertiary alicyclic amines) is 1. The number of rotatable bonds is 1. The minimum atomic E-state index is 0.0403. The van der Waals surface area contributed by atoms with Gasteiger partial charge in [0.1, 0.15) is 6.10 Å². The Labute approximate surface area is 184 Å². The van der Waals surface area contributed by atoms with E-state index < -0.39 is 0 Å². The van der Waals surface area contributed by atoms with E-state index in [0.29, 0.717) is 35.7 Å². The summed E-state index contributed by atoms with van der Waals surface area (Å²) in [5.74, 6) is 2.15. The number of allylic oxidation sites excluding steroid dienone is 2. The van der Waals surface area contributed by atoms with E-state index in [-0.39, 0.29) is 11.5 Å². The molecular formula is C26H32N2O3. The number of hydrogen-bond donors (Lipinski definition) is 1. The lowest BCUT2D eigenvalue weighted by Crippen LogP contribution is -2.69. The van der Waals surface area contributed by atoms with Gasteiger partial charge in [-0.15, -0.1) is 0 Å². The van der Waals surface area contributed by atoms with E-state index >= 15 is 0 Å². The number of aromatic hydroxyl groups is 1. The van der Waals surface area contributed by atoms with Gasteiger partial charge >= 0.3 is 0 Å². The summed E-state index contributed by atoms with van der Waals surface area (Å²) in [6, 6.07) is 5.33. The van der Waals surface area contributed by atoms with Gasteiger partial charge in [0.25, 0.3) is 0 Å². The molecule has 1 aromatic carbocycles. The Hall–Kier alpha value is -1.82. The normalized spacial score (nSPS) is 43.1. The highest BCUT2D eigenvalue weighted by Crippen LogP contribution is 2.64. The first-order valence-electron chi connectivity index (χ1n) is 12.1. The van der Waals surface area contributed by atoms with Crippen LogP contribution in [0.15, 0.2) is 36.4 Å². The summed E-state index contributed by atoms with van der Waals surface area (Å²) in [5.41, 5.74) is 2.80. The summed E-state index contributed by atoms with van der Waals surface area (Å²) < 4.78 is 12.8. The second kappa shape index (κ2) is 6.60. The fraction of sp³-hybridized carbons (Fsp3) is 0.615. The van der Waals surface area contributed by atoms with Crippen LogP contribution in [0, 0.1) is 11.8 Å². The van der Waals surface area contributed by atoms with Crippen LogP contribution in [0.3, 0.4) is 0 Å². The molecule has 5 heteroatoms. The van der Waals surface area contributed by atoms with Crippen LogP contribution in [0.5, 0.6) is 11.5 Å². The van der Waals surface area contributed by atoms with Crippen molar-refractivity contribution in [3.05, 3.63) is 47.6 Å². The van der Waals surface area contributed by atoms with Gasteiger partial charge in [-0.05, 0) is 56.8 Å². The molecule has 2 bridgehead atoms. The number of likely N-dealkylation sites (N-methyl/N-ethyl adjacent to an activating group) is 1. The van der Waals surface area contributed by atoms with Gasteiger partial charge in [0.2, 0.25) is 0 Å². The molecule has 3 heterocycles. The number of nitrogens with zero attached hydrogens (tertiary/aromatic N) is 2. The van der Waals surface area contributed by atoms with Gasteiger partial charge in [-0.3, -0.25) is 4.90 Å². The topological polar surface area (TPSA) is 45.2 Å². The van der Waals surface area contributed by atoms with Crippen molar-refractivity contribution in [1.29, 1.82) is 0 Å². The molecule has 0 amide bonds. The minimum Gasteiger partial charge on any atom is -0.504 e. The van der Waals surface area contributed by atoms with E-state index in [1.807, 2.05) is 6.07 Å². The van der Waals surface area contributed by atoms with E-state index in [1.165, 1.54) is 17.5 Å². The van der Waals surface area contributed by atoms with Gasteiger partial charge < -0.3 is 19.5 Å². The molecule has 7 rings (SSSR count). The summed E-state index contributed by atoms with van der Waals surface area (Å²) in [6.07, 6.45) is 13.8. The van der Waals surface area contributed by atoms with Crippen molar-refractivity contribution in [3.63, 3.8) is 0 Å². The first kappa shape index (κ1) is 18.7. The molecule has 3 fully saturated rings. The zero-order chi connectivity index (χ0) is 20.7. The Morgan fingerprint density at radius 3 is 2.94 bits per heavy atom. The van der Waals surface area contributed by atoms with E-state index in [1.54, 1.807) is 0 Å².